The van der Waals surface area contributed by atoms with Crippen LogP contribution in [0.1, 0.15) is 16.4 Å². The van der Waals surface area contributed by atoms with Crippen molar-refractivity contribution in [1.29, 1.82) is 0 Å². The second kappa shape index (κ2) is 11.2. The van der Waals surface area contributed by atoms with Crippen molar-refractivity contribution in [3.63, 3.8) is 0 Å². The van der Waals surface area contributed by atoms with E-state index in [9.17, 15) is 19.2 Å². The molecule has 1 aromatic heterocycles. The number of imide groups is 1. The average molecular weight is 735 g/mol. The van der Waals surface area contributed by atoms with Crippen molar-refractivity contribution < 1.29 is 14.4 Å². The average Bonchev–Trinajstić information content (AvgIpc) is 3.44. The molecule has 1 saturated heterocycles. The third-order valence-corrected chi connectivity index (χ3v) is 11.4. The summed E-state index contributed by atoms with van der Waals surface area (Å²) in [4.78, 5) is 56.3. The number of carbonyl (C=O) groups excluding carboxylic acids is 3. The molecule has 7 nitrogen and oxygen atoms in total. The number of thiazole rings is 1. The number of halogens is 2. The van der Waals surface area contributed by atoms with Crippen molar-refractivity contribution in [2.24, 2.45) is 5.92 Å². The predicted octanol–water partition coefficient (Wildman–Crippen LogP) is 7.02. The molecule has 5 aromatic rings. The minimum absolute atomic E-state index is 0.218. The highest BCUT2D eigenvalue weighted by atomic mass is 79.9. The Kier molecular flexibility index (Phi) is 7.37. The number of aromatic nitrogens is 1. The lowest BCUT2D eigenvalue weighted by Gasteiger charge is -2.30. The Hall–Kier alpha value is -3.51. The lowest BCUT2D eigenvalue weighted by molar-refractivity contribution is -0.122. The number of nitrogens with one attached hydrogen (secondary N) is 1. The van der Waals surface area contributed by atoms with Crippen LogP contribution in [0.15, 0.2) is 110 Å². The molecule has 1 fully saturated rings. The van der Waals surface area contributed by atoms with Crippen LogP contribution in [0.3, 0.4) is 0 Å². The SMILES string of the molecule is O=C(Cn1c2c(sc1=O)[C@H](c1ccc(Br)cc1)C1C(=O)N(c3ccc(Br)cc3)C(=O)C1S2)Nc1cccc2ccccc12. The lowest BCUT2D eigenvalue weighted by Crippen LogP contribution is -2.33. The zero-order valence-corrected chi connectivity index (χ0v) is 27.0. The maximum atomic E-state index is 14.0. The normalized spacial score (nSPS) is 19.4. The Labute approximate surface area is 271 Å². The van der Waals surface area contributed by atoms with Crippen LogP contribution in [0.4, 0.5) is 11.4 Å². The minimum atomic E-state index is -0.751. The number of rotatable bonds is 5. The number of hydrogen-bond acceptors (Lipinski definition) is 6. The molecule has 3 atom stereocenters. The summed E-state index contributed by atoms with van der Waals surface area (Å²) >= 11 is 9.13. The second-order valence-corrected chi connectivity index (χ2v) is 14.2. The number of thioether (sulfide) groups is 1. The van der Waals surface area contributed by atoms with Gasteiger partial charge in [0.2, 0.25) is 17.7 Å². The number of hydrogen-bond donors (Lipinski definition) is 1. The van der Waals surface area contributed by atoms with Crippen molar-refractivity contribution in [1.82, 2.24) is 4.57 Å². The van der Waals surface area contributed by atoms with Crippen LogP contribution in [0, 0.1) is 5.92 Å². The maximum Gasteiger partial charge on any atom is 0.308 e. The van der Waals surface area contributed by atoms with Crippen LogP contribution in [-0.2, 0) is 20.9 Å². The van der Waals surface area contributed by atoms with E-state index in [1.807, 2.05) is 66.7 Å². The highest BCUT2D eigenvalue weighted by Crippen LogP contribution is 2.54. The molecule has 0 spiro atoms. The lowest BCUT2D eigenvalue weighted by atomic mass is 9.83. The Morgan fingerprint density at radius 3 is 2.23 bits per heavy atom. The van der Waals surface area contributed by atoms with Crippen molar-refractivity contribution in [2.75, 3.05) is 10.2 Å². The van der Waals surface area contributed by atoms with Crippen LogP contribution >= 0.6 is 55.0 Å². The van der Waals surface area contributed by atoms with Crippen molar-refractivity contribution in [2.45, 2.75) is 22.7 Å². The molecule has 4 aromatic carbocycles. The molecule has 7 rings (SSSR count). The van der Waals surface area contributed by atoms with Gasteiger partial charge in [0.1, 0.15) is 11.8 Å². The summed E-state index contributed by atoms with van der Waals surface area (Å²) in [5.41, 5.74) is 1.98. The quantitative estimate of drug-likeness (QED) is 0.196. The highest BCUT2D eigenvalue weighted by Gasteiger charge is 2.56. The molecule has 0 radical (unpaired) electrons. The fourth-order valence-electron chi connectivity index (χ4n) is 5.80. The summed E-state index contributed by atoms with van der Waals surface area (Å²) in [5, 5.41) is 4.65. The van der Waals surface area contributed by atoms with E-state index in [-0.39, 0.29) is 29.1 Å². The molecule has 0 aliphatic carbocycles. The molecule has 2 aliphatic rings. The van der Waals surface area contributed by atoms with Gasteiger partial charge in [-0.15, -0.1) is 0 Å². The Morgan fingerprint density at radius 1 is 0.814 bits per heavy atom. The summed E-state index contributed by atoms with van der Waals surface area (Å²) in [6, 6.07) is 28.1. The molecule has 0 saturated carbocycles. The molecular formula is C32H21Br2N3O4S2. The molecule has 43 heavy (non-hydrogen) atoms. The zero-order chi connectivity index (χ0) is 29.8. The van der Waals surface area contributed by atoms with E-state index in [4.69, 9.17) is 0 Å². The highest BCUT2D eigenvalue weighted by molar-refractivity contribution is 9.10. The van der Waals surface area contributed by atoms with Crippen molar-refractivity contribution in [3.05, 3.63) is 120 Å². The van der Waals surface area contributed by atoms with Crippen molar-refractivity contribution in [3.8, 4) is 0 Å². The third kappa shape index (κ3) is 4.98. The first-order valence-electron chi connectivity index (χ1n) is 13.4. The van der Waals surface area contributed by atoms with Gasteiger partial charge in [-0.2, -0.15) is 0 Å². The fraction of sp³-hybridized carbons (Fsp3) is 0.125. The topological polar surface area (TPSA) is 88.5 Å². The van der Waals surface area contributed by atoms with Gasteiger partial charge in [-0.1, -0.05) is 103 Å². The Balaban J connectivity index is 1.28. The van der Waals surface area contributed by atoms with Gasteiger partial charge in [0.25, 0.3) is 0 Å². The number of benzene rings is 4. The predicted molar refractivity (Wildman–Crippen MR) is 177 cm³/mol. The largest absolute Gasteiger partial charge is 0.324 e. The van der Waals surface area contributed by atoms with E-state index >= 15 is 0 Å². The second-order valence-electron chi connectivity index (χ2n) is 10.3. The summed E-state index contributed by atoms with van der Waals surface area (Å²) in [7, 11) is 0. The van der Waals surface area contributed by atoms with Crippen molar-refractivity contribution >= 4 is 94.8 Å². The molecular weight excluding hydrogens is 714 g/mol. The van der Waals surface area contributed by atoms with Crippen LogP contribution < -0.4 is 15.1 Å². The van der Waals surface area contributed by atoms with E-state index < -0.39 is 17.1 Å². The van der Waals surface area contributed by atoms with E-state index in [0.29, 0.717) is 21.3 Å². The van der Waals surface area contributed by atoms with Gasteiger partial charge in [-0.3, -0.25) is 23.7 Å². The standard InChI is InChI=1S/C32H21Br2N3O4S2/c33-19-10-8-18(9-11-19)25-26-27(30(40)37(29(26)39)21-14-12-20(34)13-15-21)42-31-28(25)43-32(41)36(31)16-24(38)35-23-7-3-5-17-4-1-2-6-22(17)23/h1-15,25-27H,16H2,(H,35,38)/t25-,26?,27?/m1/s1. The maximum absolute atomic E-state index is 14.0. The number of carbonyl (C=O) groups is 3. The molecule has 11 heteroatoms. The number of nitrogens with zero attached hydrogens (tertiary/aromatic N) is 2. The van der Waals surface area contributed by atoms with Gasteiger partial charge in [0.15, 0.2) is 0 Å². The molecule has 2 unspecified atom stereocenters. The monoisotopic (exact) mass is 733 g/mol. The van der Waals surface area contributed by atoms with E-state index in [1.54, 1.807) is 24.3 Å². The molecule has 3 amide bonds. The molecule has 3 heterocycles. The van der Waals surface area contributed by atoms with Crippen LogP contribution in [-0.4, -0.2) is 27.5 Å². The number of amides is 3. The minimum Gasteiger partial charge on any atom is -0.324 e. The summed E-state index contributed by atoms with van der Waals surface area (Å²) in [5.74, 6) is -2.21. The first-order chi connectivity index (χ1) is 20.8. The third-order valence-electron chi connectivity index (χ3n) is 7.73. The molecule has 0 bridgehead atoms. The first kappa shape index (κ1) is 28.3. The fourth-order valence-corrected chi connectivity index (χ4v) is 9.10. The molecule has 1 N–H and O–H groups in total. The summed E-state index contributed by atoms with van der Waals surface area (Å²) in [6.45, 7) is -0.218. The smallest absolute Gasteiger partial charge is 0.308 e. The van der Waals surface area contributed by atoms with Crippen LogP contribution in [0.5, 0.6) is 0 Å². The van der Waals surface area contributed by atoms with Crippen LogP contribution in [0.2, 0.25) is 0 Å². The zero-order valence-electron chi connectivity index (χ0n) is 22.2. The van der Waals surface area contributed by atoms with Gasteiger partial charge in [0.05, 0.1) is 16.6 Å². The number of fused-ring (bicyclic) bond motifs is 3. The van der Waals surface area contributed by atoms with Gasteiger partial charge >= 0.3 is 4.87 Å². The Bertz CT molecular complexity index is 1980. The molecule has 214 valence electrons. The first-order valence-corrected chi connectivity index (χ1v) is 16.6. The van der Waals surface area contributed by atoms with Gasteiger partial charge < -0.3 is 5.32 Å². The van der Waals surface area contributed by atoms with Gasteiger partial charge in [-0.05, 0) is 53.4 Å². The summed E-state index contributed by atoms with van der Waals surface area (Å²) < 4.78 is 3.15. The van der Waals surface area contributed by atoms with E-state index in [1.165, 1.54) is 21.2 Å². The van der Waals surface area contributed by atoms with Gasteiger partial charge in [-0.25, -0.2) is 4.90 Å². The van der Waals surface area contributed by atoms with Crippen LogP contribution in [0.25, 0.3) is 10.8 Å². The van der Waals surface area contributed by atoms with E-state index in [2.05, 4.69) is 37.2 Å². The molecule has 2 aliphatic heterocycles. The number of anilines is 2. The summed E-state index contributed by atoms with van der Waals surface area (Å²) in [6.07, 6.45) is 0. The van der Waals surface area contributed by atoms with Gasteiger partial charge in [0, 0.05) is 30.8 Å². The Morgan fingerprint density at radius 2 is 1.49 bits per heavy atom. The van der Waals surface area contributed by atoms with E-state index in [0.717, 1.165) is 36.6 Å².